The van der Waals surface area contributed by atoms with E-state index in [0.29, 0.717) is 6.04 Å². The van der Waals surface area contributed by atoms with Gasteiger partial charge in [-0.15, -0.1) is 0 Å². The van der Waals surface area contributed by atoms with Crippen LogP contribution in [0.2, 0.25) is 5.02 Å². The lowest BCUT2D eigenvalue weighted by Crippen LogP contribution is -2.18. The summed E-state index contributed by atoms with van der Waals surface area (Å²) in [5.74, 6) is 0. The topological polar surface area (TPSA) is 12.0 Å². The van der Waals surface area contributed by atoms with Gasteiger partial charge in [0.15, 0.2) is 0 Å². The van der Waals surface area contributed by atoms with E-state index in [2.05, 4.69) is 52.4 Å². The molecule has 1 N–H and O–H groups in total. The Morgan fingerprint density at radius 1 is 1.11 bits per heavy atom. The van der Waals surface area contributed by atoms with Crippen LogP contribution in [0.1, 0.15) is 12.5 Å². The number of anilines is 1. The van der Waals surface area contributed by atoms with E-state index in [0.717, 1.165) is 21.6 Å². The Hall–Kier alpha value is -0.990. The number of hydrogen-bond acceptors (Lipinski definition) is 1. The summed E-state index contributed by atoms with van der Waals surface area (Å²) in [4.78, 5) is 0. The predicted molar refractivity (Wildman–Crippen MR) is 82.4 cm³/mol. The summed E-state index contributed by atoms with van der Waals surface area (Å²) in [5, 5.41) is 4.19. The first kappa shape index (κ1) is 13.4. The molecule has 0 radical (unpaired) electrons. The van der Waals surface area contributed by atoms with E-state index in [1.54, 1.807) is 0 Å². The van der Waals surface area contributed by atoms with E-state index in [1.807, 2.05) is 24.3 Å². The van der Waals surface area contributed by atoms with Gasteiger partial charge in [0.2, 0.25) is 0 Å². The number of rotatable bonds is 4. The van der Waals surface area contributed by atoms with Crippen LogP contribution in [0.25, 0.3) is 0 Å². The zero-order chi connectivity index (χ0) is 13.0. The van der Waals surface area contributed by atoms with Crippen molar-refractivity contribution in [3.63, 3.8) is 0 Å². The highest BCUT2D eigenvalue weighted by Gasteiger charge is 2.05. The van der Waals surface area contributed by atoms with Gasteiger partial charge >= 0.3 is 0 Å². The number of benzene rings is 2. The molecule has 0 amide bonds. The third-order valence-electron chi connectivity index (χ3n) is 2.73. The molecule has 0 saturated carbocycles. The monoisotopic (exact) mass is 323 g/mol. The van der Waals surface area contributed by atoms with Crippen molar-refractivity contribution in [2.45, 2.75) is 19.4 Å². The zero-order valence-electron chi connectivity index (χ0n) is 10.2. The van der Waals surface area contributed by atoms with E-state index in [-0.39, 0.29) is 0 Å². The molecule has 94 valence electrons. The van der Waals surface area contributed by atoms with Gasteiger partial charge in [-0.1, -0.05) is 51.8 Å². The molecule has 2 aromatic carbocycles. The van der Waals surface area contributed by atoms with Crippen molar-refractivity contribution < 1.29 is 0 Å². The van der Waals surface area contributed by atoms with Crippen molar-refractivity contribution in [1.29, 1.82) is 0 Å². The summed E-state index contributed by atoms with van der Waals surface area (Å²) in [7, 11) is 0. The molecule has 0 bridgehead atoms. The maximum atomic E-state index is 6.12. The quantitative estimate of drug-likeness (QED) is 0.820. The first-order valence-corrected chi connectivity index (χ1v) is 7.08. The van der Waals surface area contributed by atoms with Gasteiger partial charge in [0, 0.05) is 10.5 Å². The highest BCUT2D eigenvalue weighted by atomic mass is 79.9. The summed E-state index contributed by atoms with van der Waals surface area (Å²) in [6.07, 6.45) is 0.971. The number of hydrogen-bond donors (Lipinski definition) is 1. The van der Waals surface area contributed by atoms with Gasteiger partial charge in [-0.25, -0.2) is 0 Å². The minimum atomic E-state index is 0.339. The van der Waals surface area contributed by atoms with Crippen LogP contribution in [0.5, 0.6) is 0 Å². The van der Waals surface area contributed by atoms with Crippen LogP contribution >= 0.6 is 27.5 Å². The summed E-state index contributed by atoms with van der Waals surface area (Å²) < 4.78 is 1.11. The molecule has 1 unspecified atom stereocenters. The minimum absolute atomic E-state index is 0.339. The second-order valence-electron chi connectivity index (χ2n) is 4.36. The van der Waals surface area contributed by atoms with E-state index >= 15 is 0 Å². The smallest absolute Gasteiger partial charge is 0.0637 e. The van der Waals surface area contributed by atoms with Crippen LogP contribution in [-0.4, -0.2) is 6.04 Å². The predicted octanol–water partition coefficient (Wildman–Crippen LogP) is 5.15. The lowest BCUT2D eigenvalue weighted by molar-refractivity contribution is 0.790. The van der Waals surface area contributed by atoms with Crippen molar-refractivity contribution >= 4 is 33.2 Å². The molecule has 0 heterocycles. The molecule has 0 aliphatic heterocycles. The molecule has 2 aromatic rings. The fourth-order valence-electron chi connectivity index (χ4n) is 1.87. The summed E-state index contributed by atoms with van der Waals surface area (Å²) >= 11 is 9.57. The van der Waals surface area contributed by atoms with Crippen LogP contribution < -0.4 is 5.32 Å². The molecule has 0 spiro atoms. The fraction of sp³-hybridized carbons (Fsp3) is 0.200. The third kappa shape index (κ3) is 3.76. The highest BCUT2D eigenvalue weighted by Crippen LogP contribution is 2.22. The molecular weight excluding hydrogens is 310 g/mol. The van der Waals surface area contributed by atoms with E-state index in [9.17, 15) is 0 Å². The van der Waals surface area contributed by atoms with Gasteiger partial charge in [0.1, 0.15) is 0 Å². The Morgan fingerprint density at radius 2 is 1.78 bits per heavy atom. The van der Waals surface area contributed by atoms with Gasteiger partial charge in [-0.2, -0.15) is 0 Å². The average Bonchev–Trinajstić information content (AvgIpc) is 2.35. The van der Waals surface area contributed by atoms with Crippen LogP contribution in [0, 0.1) is 0 Å². The standard InChI is InChI=1S/C15H15BrClN/c1-11(10-12-6-8-13(16)9-7-12)18-15-5-3-2-4-14(15)17/h2-9,11,18H,10H2,1H3. The van der Waals surface area contributed by atoms with E-state index < -0.39 is 0 Å². The molecular formula is C15H15BrClN. The van der Waals surface area contributed by atoms with Gasteiger partial charge in [0.05, 0.1) is 10.7 Å². The molecule has 2 rings (SSSR count). The van der Waals surface area contributed by atoms with Gasteiger partial charge in [-0.3, -0.25) is 0 Å². The lowest BCUT2D eigenvalue weighted by atomic mass is 10.1. The van der Waals surface area contributed by atoms with Crippen molar-refractivity contribution in [2.75, 3.05) is 5.32 Å². The Morgan fingerprint density at radius 3 is 2.44 bits per heavy atom. The Kier molecular flexibility index (Phi) is 4.67. The molecule has 1 atom stereocenters. The van der Waals surface area contributed by atoms with Gasteiger partial charge < -0.3 is 5.32 Å². The Balaban J connectivity index is 1.99. The van der Waals surface area contributed by atoms with Crippen LogP contribution in [-0.2, 0) is 6.42 Å². The van der Waals surface area contributed by atoms with Crippen molar-refractivity contribution in [3.05, 3.63) is 63.6 Å². The minimum Gasteiger partial charge on any atom is -0.381 e. The summed E-state index contributed by atoms with van der Waals surface area (Å²) in [6, 6.07) is 16.6. The molecule has 18 heavy (non-hydrogen) atoms. The molecule has 3 heteroatoms. The second kappa shape index (κ2) is 6.26. The normalized spacial score (nSPS) is 12.2. The first-order valence-electron chi connectivity index (χ1n) is 5.90. The lowest BCUT2D eigenvalue weighted by Gasteiger charge is -2.16. The summed E-state index contributed by atoms with van der Waals surface area (Å²) in [5.41, 5.74) is 2.30. The molecule has 0 saturated heterocycles. The fourth-order valence-corrected chi connectivity index (χ4v) is 2.32. The Labute approximate surface area is 121 Å². The maximum absolute atomic E-state index is 6.12. The third-order valence-corrected chi connectivity index (χ3v) is 3.59. The number of nitrogens with one attached hydrogen (secondary N) is 1. The van der Waals surface area contributed by atoms with Crippen molar-refractivity contribution in [1.82, 2.24) is 0 Å². The zero-order valence-corrected chi connectivity index (χ0v) is 12.5. The van der Waals surface area contributed by atoms with E-state index in [4.69, 9.17) is 11.6 Å². The largest absolute Gasteiger partial charge is 0.381 e. The molecule has 0 aromatic heterocycles. The van der Waals surface area contributed by atoms with Crippen LogP contribution in [0.15, 0.2) is 53.0 Å². The van der Waals surface area contributed by atoms with Crippen LogP contribution in [0.3, 0.4) is 0 Å². The van der Waals surface area contributed by atoms with Crippen LogP contribution in [0.4, 0.5) is 5.69 Å². The molecule has 1 nitrogen and oxygen atoms in total. The first-order chi connectivity index (χ1) is 8.65. The summed E-state index contributed by atoms with van der Waals surface area (Å²) in [6.45, 7) is 2.16. The van der Waals surface area contributed by atoms with Crippen molar-refractivity contribution in [3.8, 4) is 0 Å². The average molecular weight is 325 g/mol. The highest BCUT2D eigenvalue weighted by molar-refractivity contribution is 9.10. The SMILES string of the molecule is CC(Cc1ccc(Br)cc1)Nc1ccccc1Cl. The van der Waals surface area contributed by atoms with E-state index in [1.165, 1.54) is 5.56 Å². The van der Waals surface area contributed by atoms with Gasteiger partial charge in [-0.05, 0) is 43.2 Å². The van der Waals surface area contributed by atoms with Crippen molar-refractivity contribution in [2.24, 2.45) is 0 Å². The maximum Gasteiger partial charge on any atom is 0.0637 e. The molecule has 0 aliphatic rings. The molecule has 0 fully saturated rings. The van der Waals surface area contributed by atoms with Gasteiger partial charge in [0.25, 0.3) is 0 Å². The number of para-hydroxylation sites is 1. The molecule has 0 aliphatic carbocycles. The Bertz CT molecular complexity index is 510. The number of halogens is 2. The second-order valence-corrected chi connectivity index (χ2v) is 5.68.